The van der Waals surface area contributed by atoms with E-state index < -0.39 is 12.7 Å². The molecule has 2 atom stereocenters. The number of likely N-dealkylation sites (N-methyl/N-ethyl adjacent to an activating group) is 1. The molecule has 0 amide bonds. The molecule has 0 aliphatic carbocycles. The first kappa shape index (κ1) is 14.7. The van der Waals surface area contributed by atoms with Crippen molar-refractivity contribution in [2.75, 3.05) is 39.9 Å². The van der Waals surface area contributed by atoms with Crippen molar-refractivity contribution in [1.82, 2.24) is 10.2 Å². The normalized spacial score (nSPS) is 25.8. The van der Waals surface area contributed by atoms with E-state index in [1.807, 2.05) is 14.0 Å². The molecule has 0 saturated carbocycles. The molecule has 6 heteroatoms. The van der Waals surface area contributed by atoms with Gasteiger partial charge < -0.3 is 10.1 Å². The summed E-state index contributed by atoms with van der Waals surface area (Å²) in [4.78, 5) is 1.48. The summed E-state index contributed by atoms with van der Waals surface area (Å²) in [6.45, 7) is 3.12. The lowest BCUT2D eigenvalue weighted by atomic mass is 10.0. The Hall–Kier alpha value is -0.330. The van der Waals surface area contributed by atoms with Gasteiger partial charge in [0.2, 0.25) is 0 Å². The van der Waals surface area contributed by atoms with E-state index >= 15 is 0 Å². The van der Waals surface area contributed by atoms with Gasteiger partial charge in [0, 0.05) is 18.5 Å². The number of alkyl halides is 3. The molecule has 0 aromatic carbocycles. The molecule has 102 valence electrons. The SMILES string of the molecule is CCCN(CC1COCC1NC)CC(F)(F)F. The van der Waals surface area contributed by atoms with Crippen LogP contribution in [0, 0.1) is 5.92 Å². The molecule has 1 aliphatic heterocycles. The van der Waals surface area contributed by atoms with Gasteiger partial charge in [0.25, 0.3) is 0 Å². The van der Waals surface area contributed by atoms with Crippen LogP contribution in [0.2, 0.25) is 0 Å². The molecule has 0 aromatic rings. The van der Waals surface area contributed by atoms with Gasteiger partial charge in [-0.05, 0) is 20.0 Å². The Bertz CT molecular complexity index is 223. The van der Waals surface area contributed by atoms with Crippen molar-refractivity contribution >= 4 is 0 Å². The molecular weight excluding hydrogens is 233 g/mol. The Morgan fingerprint density at radius 3 is 2.59 bits per heavy atom. The number of halogens is 3. The van der Waals surface area contributed by atoms with E-state index in [1.165, 1.54) is 4.90 Å². The number of ether oxygens (including phenoxy) is 1. The summed E-state index contributed by atoms with van der Waals surface area (Å²) in [6.07, 6.45) is -3.39. The molecular formula is C11H21F3N2O. The van der Waals surface area contributed by atoms with Crippen molar-refractivity contribution in [2.24, 2.45) is 5.92 Å². The van der Waals surface area contributed by atoms with E-state index in [0.29, 0.717) is 26.3 Å². The fraction of sp³-hybridized carbons (Fsp3) is 1.00. The second-order valence-electron chi connectivity index (χ2n) is 4.54. The smallest absolute Gasteiger partial charge is 0.379 e. The first-order chi connectivity index (χ1) is 7.96. The molecule has 0 radical (unpaired) electrons. The van der Waals surface area contributed by atoms with Gasteiger partial charge in [0.1, 0.15) is 0 Å². The van der Waals surface area contributed by atoms with Crippen LogP contribution in [0.25, 0.3) is 0 Å². The van der Waals surface area contributed by atoms with E-state index in [9.17, 15) is 13.2 Å². The van der Waals surface area contributed by atoms with Crippen LogP contribution in [0.4, 0.5) is 13.2 Å². The molecule has 17 heavy (non-hydrogen) atoms. The van der Waals surface area contributed by atoms with Crippen LogP contribution in [-0.4, -0.2) is 57.0 Å². The van der Waals surface area contributed by atoms with Crippen molar-refractivity contribution < 1.29 is 17.9 Å². The predicted octanol–water partition coefficient (Wildman–Crippen LogP) is 1.50. The fourth-order valence-electron chi connectivity index (χ4n) is 2.23. The van der Waals surface area contributed by atoms with Gasteiger partial charge >= 0.3 is 6.18 Å². The summed E-state index contributed by atoms with van der Waals surface area (Å²) >= 11 is 0. The molecule has 1 aliphatic rings. The fourth-order valence-corrected chi connectivity index (χ4v) is 2.23. The number of rotatable bonds is 6. The zero-order chi connectivity index (χ0) is 12.9. The van der Waals surface area contributed by atoms with Crippen molar-refractivity contribution in [3.8, 4) is 0 Å². The maximum atomic E-state index is 12.4. The maximum absolute atomic E-state index is 12.4. The summed E-state index contributed by atoms with van der Waals surface area (Å²) in [6, 6.07) is 0.169. The van der Waals surface area contributed by atoms with Crippen molar-refractivity contribution in [1.29, 1.82) is 0 Å². The third kappa shape index (κ3) is 5.23. The topological polar surface area (TPSA) is 24.5 Å². The van der Waals surface area contributed by atoms with Crippen LogP contribution in [0.1, 0.15) is 13.3 Å². The average molecular weight is 254 g/mol. The third-order valence-electron chi connectivity index (χ3n) is 3.00. The maximum Gasteiger partial charge on any atom is 0.401 e. The summed E-state index contributed by atoms with van der Waals surface area (Å²) in [5.74, 6) is 0.147. The molecule has 1 fully saturated rings. The van der Waals surface area contributed by atoms with Gasteiger partial charge in [-0.3, -0.25) is 4.90 Å². The van der Waals surface area contributed by atoms with E-state index in [4.69, 9.17) is 4.74 Å². The van der Waals surface area contributed by atoms with Gasteiger partial charge in [-0.2, -0.15) is 13.2 Å². The number of nitrogens with zero attached hydrogens (tertiary/aromatic N) is 1. The van der Waals surface area contributed by atoms with Crippen molar-refractivity contribution in [3.63, 3.8) is 0 Å². The molecule has 0 bridgehead atoms. The predicted molar refractivity (Wildman–Crippen MR) is 59.9 cm³/mol. The van der Waals surface area contributed by atoms with Crippen LogP contribution in [0.3, 0.4) is 0 Å². The monoisotopic (exact) mass is 254 g/mol. The zero-order valence-electron chi connectivity index (χ0n) is 10.4. The Kier molecular flexibility index (Phi) is 5.69. The molecule has 1 saturated heterocycles. The molecule has 1 N–H and O–H groups in total. The molecule has 1 rings (SSSR count). The van der Waals surface area contributed by atoms with Gasteiger partial charge in [-0.1, -0.05) is 6.92 Å². The molecule has 2 unspecified atom stereocenters. The first-order valence-electron chi connectivity index (χ1n) is 6.00. The average Bonchev–Trinajstić information content (AvgIpc) is 2.63. The minimum absolute atomic E-state index is 0.147. The molecule has 0 spiro atoms. The Labute approximate surface area is 100 Å². The van der Waals surface area contributed by atoms with Crippen molar-refractivity contribution in [2.45, 2.75) is 25.6 Å². The van der Waals surface area contributed by atoms with Gasteiger partial charge in [-0.25, -0.2) is 0 Å². The van der Waals surface area contributed by atoms with E-state index in [0.717, 1.165) is 6.42 Å². The van der Waals surface area contributed by atoms with Crippen LogP contribution in [-0.2, 0) is 4.74 Å². The Morgan fingerprint density at radius 2 is 2.06 bits per heavy atom. The number of hydrogen-bond donors (Lipinski definition) is 1. The number of nitrogens with one attached hydrogen (secondary N) is 1. The summed E-state index contributed by atoms with van der Waals surface area (Å²) in [7, 11) is 1.82. The van der Waals surface area contributed by atoms with Crippen molar-refractivity contribution in [3.05, 3.63) is 0 Å². The lowest BCUT2D eigenvalue weighted by Crippen LogP contribution is -2.43. The van der Waals surface area contributed by atoms with Crippen LogP contribution in [0.15, 0.2) is 0 Å². The first-order valence-corrected chi connectivity index (χ1v) is 6.00. The third-order valence-corrected chi connectivity index (χ3v) is 3.00. The van der Waals surface area contributed by atoms with Gasteiger partial charge in [0.05, 0.1) is 19.8 Å². The standard InChI is InChI=1S/C11H21F3N2O/c1-3-4-16(8-11(12,13)14)5-9-6-17-7-10(9)15-2/h9-10,15H,3-8H2,1-2H3. The summed E-state index contributed by atoms with van der Waals surface area (Å²) < 4.78 is 42.5. The molecule has 3 nitrogen and oxygen atoms in total. The van der Waals surface area contributed by atoms with Crippen LogP contribution >= 0.6 is 0 Å². The second-order valence-corrected chi connectivity index (χ2v) is 4.54. The summed E-state index contributed by atoms with van der Waals surface area (Å²) in [5, 5.41) is 3.09. The van der Waals surface area contributed by atoms with E-state index in [-0.39, 0.29) is 12.0 Å². The Balaban J connectivity index is 2.47. The molecule has 0 aromatic heterocycles. The highest BCUT2D eigenvalue weighted by atomic mass is 19.4. The summed E-state index contributed by atoms with van der Waals surface area (Å²) in [5.41, 5.74) is 0. The Morgan fingerprint density at radius 1 is 1.35 bits per heavy atom. The van der Waals surface area contributed by atoms with E-state index in [2.05, 4.69) is 5.32 Å². The highest BCUT2D eigenvalue weighted by molar-refractivity contribution is 4.83. The number of hydrogen-bond acceptors (Lipinski definition) is 3. The lowest BCUT2D eigenvalue weighted by molar-refractivity contribution is -0.147. The highest BCUT2D eigenvalue weighted by Crippen LogP contribution is 2.20. The molecule has 1 heterocycles. The lowest BCUT2D eigenvalue weighted by Gasteiger charge is -2.27. The highest BCUT2D eigenvalue weighted by Gasteiger charge is 2.34. The van der Waals surface area contributed by atoms with Gasteiger partial charge in [-0.15, -0.1) is 0 Å². The zero-order valence-corrected chi connectivity index (χ0v) is 10.4. The minimum atomic E-state index is -4.12. The van der Waals surface area contributed by atoms with Crippen LogP contribution < -0.4 is 5.32 Å². The largest absolute Gasteiger partial charge is 0.401 e. The van der Waals surface area contributed by atoms with Crippen LogP contribution in [0.5, 0.6) is 0 Å². The second kappa shape index (κ2) is 6.56. The van der Waals surface area contributed by atoms with Gasteiger partial charge in [0.15, 0.2) is 0 Å². The minimum Gasteiger partial charge on any atom is -0.379 e. The quantitative estimate of drug-likeness (QED) is 0.777. The van der Waals surface area contributed by atoms with E-state index in [1.54, 1.807) is 0 Å².